The van der Waals surface area contributed by atoms with E-state index >= 15 is 0 Å². The van der Waals surface area contributed by atoms with E-state index in [1.165, 1.54) is 38.2 Å². The van der Waals surface area contributed by atoms with Crippen molar-refractivity contribution in [3.8, 4) is 0 Å². The first-order valence-electron chi connectivity index (χ1n) is 18.4. The van der Waals surface area contributed by atoms with Crippen LogP contribution in [0.1, 0.15) is 112 Å². The molecule has 4 heterocycles. The second kappa shape index (κ2) is 14.1. The summed E-state index contributed by atoms with van der Waals surface area (Å²) in [6.07, 6.45) is 17.3. The predicted octanol–water partition coefficient (Wildman–Crippen LogP) is 6.90. The fourth-order valence-corrected chi connectivity index (χ4v) is 9.50. The minimum atomic E-state index is -0.666. The van der Waals surface area contributed by atoms with Crippen LogP contribution in [0, 0.1) is 17.7 Å². The number of aryl methyl sites for hydroxylation is 2. The molecule has 2 N–H and O–H groups in total. The van der Waals surface area contributed by atoms with Crippen molar-refractivity contribution in [1.29, 1.82) is 0 Å². The van der Waals surface area contributed by atoms with Gasteiger partial charge in [-0.2, -0.15) is 10.1 Å². The first-order chi connectivity index (χ1) is 23.3. The second-order valence-electron chi connectivity index (χ2n) is 15.0. The van der Waals surface area contributed by atoms with Gasteiger partial charge in [0.2, 0.25) is 5.95 Å². The highest BCUT2D eigenvalue weighted by Gasteiger charge is 2.39. The fraction of sp³-hybridized carbons (Fsp3) is 0.632. The van der Waals surface area contributed by atoms with Gasteiger partial charge in [0.25, 0.3) is 0 Å². The Hall–Kier alpha value is -3.53. The van der Waals surface area contributed by atoms with E-state index in [2.05, 4.69) is 40.4 Å². The molecule has 0 radical (unpaired) electrons. The highest BCUT2D eigenvalue weighted by atomic mass is 19.1. The van der Waals surface area contributed by atoms with Crippen LogP contribution >= 0.6 is 0 Å². The minimum Gasteiger partial charge on any atom is -0.481 e. The van der Waals surface area contributed by atoms with Gasteiger partial charge in [0, 0.05) is 56.1 Å². The number of hydrogen-bond donors (Lipinski definition) is 2. The normalized spacial score (nSPS) is 26.9. The van der Waals surface area contributed by atoms with Crippen molar-refractivity contribution in [1.82, 2.24) is 24.6 Å². The van der Waals surface area contributed by atoms with E-state index in [0.29, 0.717) is 18.0 Å². The number of rotatable bonds is 11. The van der Waals surface area contributed by atoms with Crippen molar-refractivity contribution < 1.29 is 14.3 Å². The fourth-order valence-electron chi connectivity index (χ4n) is 9.50. The van der Waals surface area contributed by atoms with Gasteiger partial charge in [0.15, 0.2) is 0 Å². The first kappa shape index (κ1) is 33.0. The zero-order valence-electron chi connectivity index (χ0n) is 28.8. The van der Waals surface area contributed by atoms with Gasteiger partial charge in [-0.1, -0.05) is 25.5 Å². The quantitative estimate of drug-likeness (QED) is 0.230. The van der Waals surface area contributed by atoms with E-state index in [4.69, 9.17) is 9.97 Å². The SMILES string of the molecule is CC[C@H](C1CCC(C(=O)O)CC1)N(C)c1nc2c(c(N[C@@H](CN3C4CCC[C@@H]3CC4)c3cnn(C)c3)n1)C[C@H](c1cccc(F)c1)CC2. The molecule has 4 aliphatic rings. The highest BCUT2D eigenvalue weighted by molar-refractivity contribution is 5.70. The van der Waals surface area contributed by atoms with Gasteiger partial charge in [-0.05, 0) is 107 Å². The van der Waals surface area contributed by atoms with E-state index in [9.17, 15) is 14.3 Å². The van der Waals surface area contributed by atoms with Crippen LogP contribution in [0.2, 0.25) is 0 Å². The molecule has 258 valence electrons. The molecule has 2 bridgehead atoms. The molecule has 1 unspecified atom stereocenters. The zero-order chi connectivity index (χ0) is 33.4. The summed E-state index contributed by atoms with van der Waals surface area (Å²) in [6.45, 7) is 3.12. The topological polar surface area (TPSA) is 99.4 Å². The summed E-state index contributed by atoms with van der Waals surface area (Å²) in [6, 6.07) is 8.59. The van der Waals surface area contributed by atoms with E-state index in [1.807, 2.05) is 30.1 Å². The number of carboxylic acid groups (broad SMARTS) is 1. The molecule has 2 aliphatic carbocycles. The lowest BCUT2D eigenvalue weighted by molar-refractivity contribution is -0.143. The number of carbonyl (C=O) groups is 1. The van der Waals surface area contributed by atoms with E-state index in [-0.39, 0.29) is 29.7 Å². The van der Waals surface area contributed by atoms with Crippen LogP contribution in [0.3, 0.4) is 0 Å². The van der Waals surface area contributed by atoms with Crippen LogP contribution in [-0.4, -0.2) is 67.4 Å². The molecule has 3 fully saturated rings. The molecule has 5 atom stereocenters. The van der Waals surface area contributed by atoms with Gasteiger partial charge in [-0.15, -0.1) is 0 Å². The Kier molecular flexibility index (Phi) is 9.72. The number of nitrogens with one attached hydrogen (secondary N) is 1. The molecule has 0 spiro atoms. The lowest BCUT2D eigenvalue weighted by atomic mass is 9.77. The third kappa shape index (κ3) is 6.82. The molecular weight excluding hydrogens is 605 g/mol. The molecule has 3 aromatic rings. The summed E-state index contributed by atoms with van der Waals surface area (Å²) < 4.78 is 16.2. The average molecular weight is 658 g/mol. The predicted molar refractivity (Wildman–Crippen MR) is 186 cm³/mol. The van der Waals surface area contributed by atoms with Crippen molar-refractivity contribution in [3.05, 3.63) is 64.9 Å². The maximum absolute atomic E-state index is 14.3. The number of benzene rings is 1. The molecular formula is C38H52FN7O2. The third-order valence-electron chi connectivity index (χ3n) is 12.2. The monoisotopic (exact) mass is 657 g/mol. The number of aliphatic carboxylic acids is 1. The van der Waals surface area contributed by atoms with Gasteiger partial charge in [-0.3, -0.25) is 14.4 Å². The average Bonchev–Trinajstić information content (AvgIpc) is 3.61. The van der Waals surface area contributed by atoms with Crippen LogP contribution in [0.5, 0.6) is 0 Å². The van der Waals surface area contributed by atoms with Crippen molar-refractivity contribution in [3.63, 3.8) is 0 Å². The van der Waals surface area contributed by atoms with Crippen LogP contribution in [0.25, 0.3) is 0 Å². The Labute approximate surface area is 284 Å². The van der Waals surface area contributed by atoms with Gasteiger partial charge in [0.1, 0.15) is 11.6 Å². The summed E-state index contributed by atoms with van der Waals surface area (Å²) in [7, 11) is 4.09. The number of hydrogen-bond acceptors (Lipinski definition) is 7. The largest absolute Gasteiger partial charge is 0.481 e. The highest BCUT2D eigenvalue weighted by Crippen LogP contribution is 2.41. The number of carboxylic acids is 1. The van der Waals surface area contributed by atoms with Crippen LogP contribution in [-0.2, 0) is 24.7 Å². The van der Waals surface area contributed by atoms with Gasteiger partial charge >= 0.3 is 5.97 Å². The Balaban J connectivity index is 1.22. The molecule has 1 aromatic carbocycles. The second-order valence-corrected chi connectivity index (χ2v) is 15.0. The van der Waals surface area contributed by atoms with Crippen molar-refractivity contribution >= 4 is 17.7 Å². The molecule has 7 rings (SSSR count). The number of nitrogens with zero attached hydrogens (tertiary/aromatic N) is 6. The number of halogens is 1. The summed E-state index contributed by atoms with van der Waals surface area (Å²) >= 11 is 0. The lowest BCUT2D eigenvalue weighted by Gasteiger charge is -2.39. The van der Waals surface area contributed by atoms with Crippen LogP contribution in [0.15, 0.2) is 36.7 Å². The van der Waals surface area contributed by atoms with Crippen molar-refractivity contribution in [2.24, 2.45) is 18.9 Å². The zero-order valence-corrected chi connectivity index (χ0v) is 28.8. The summed E-state index contributed by atoms with van der Waals surface area (Å²) in [5.74, 6) is 1.12. The van der Waals surface area contributed by atoms with Gasteiger partial charge in [-0.25, -0.2) is 9.37 Å². The first-order valence-corrected chi connectivity index (χ1v) is 18.4. The van der Waals surface area contributed by atoms with Crippen molar-refractivity contribution in [2.45, 2.75) is 120 Å². The van der Waals surface area contributed by atoms with E-state index in [0.717, 1.165) is 92.1 Å². The summed E-state index contributed by atoms with van der Waals surface area (Å²) in [4.78, 5) is 27.2. The third-order valence-corrected chi connectivity index (χ3v) is 12.2. The molecule has 0 amide bonds. The standard InChI is InChI=1S/C38H52FN7O2/c1-4-35(24-11-13-25(14-12-24)37(47)48)45(3)38-42-33-18-15-27(26-7-5-8-29(39)19-26)20-32(33)36(43-38)41-34(28-21-40-44(2)22-28)23-46-30-9-6-10-31(46)17-16-30/h5,7-8,19,21-22,24-25,27,30-31,34-35H,4,6,9-18,20,23H2,1-3H3,(H,47,48)(H,41,42,43)/t24?,25?,27-,30-,31?,34+,35-/m1/s1. The number of piperidine rings is 1. The number of anilines is 2. The Bertz CT molecular complexity index is 1570. The Morgan fingerprint density at radius 2 is 1.85 bits per heavy atom. The summed E-state index contributed by atoms with van der Waals surface area (Å²) in [5.41, 5.74) is 4.40. The molecule has 10 heteroatoms. The molecule has 1 saturated carbocycles. The van der Waals surface area contributed by atoms with Gasteiger partial charge < -0.3 is 15.3 Å². The minimum absolute atomic E-state index is 0.0138. The van der Waals surface area contributed by atoms with Gasteiger partial charge in [0.05, 0.1) is 23.9 Å². The maximum atomic E-state index is 14.3. The van der Waals surface area contributed by atoms with Crippen LogP contribution in [0.4, 0.5) is 16.2 Å². The van der Waals surface area contributed by atoms with E-state index < -0.39 is 5.97 Å². The summed E-state index contributed by atoms with van der Waals surface area (Å²) in [5, 5.41) is 18.1. The molecule has 48 heavy (non-hydrogen) atoms. The molecule has 2 aromatic heterocycles. The van der Waals surface area contributed by atoms with E-state index in [1.54, 1.807) is 6.07 Å². The molecule has 9 nitrogen and oxygen atoms in total. The van der Waals surface area contributed by atoms with Crippen LogP contribution < -0.4 is 10.2 Å². The lowest BCUT2D eigenvalue weighted by Crippen LogP contribution is -2.43. The van der Waals surface area contributed by atoms with Crippen molar-refractivity contribution in [2.75, 3.05) is 23.8 Å². The molecule has 2 aliphatic heterocycles. The smallest absolute Gasteiger partial charge is 0.306 e. The number of fused-ring (bicyclic) bond motifs is 3. The maximum Gasteiger partial charge on any atom is 0.306 e. The Morgan fingerprint density at radius 3 is 2.52 bits per heavy atom. The Morgan fingerprint density at radius 1 is 1.08 bits per heavy atom. The number of aromatic nitrogens is 4. The molecule has 2 saturated heterocycles.